The quantitative estimate of drug-likeness (QED) is 0.796. The summed E-state index contributed by atoms with van der Waals surface area (Å²) in [7, 11) is 1.62. The van der Waals surface area contributed by atoms with E-state index in [2.05, 4.69) is 4.98 Å². The van der Waals surface area contributed by atoms with Crippen molar-refractivity contribution in [2.45, 2.75) is 33.3 Å². The van der Waals surface area contributed by atoms with Gasteiger partial charge in [0.05, 0.1) is 11.4 Å². The molecule has 108 valence electrons. The molecule has 0 saturated heterocycles. The number of aldehydes is 1. The van der Waals surface area contributed by atoms with E-state index in [1.54, 1.807) is 25.3 Å². The van der Waals surface area contributed by atoms with Gasteiger partial charge in [0.15, 0.2) is 6.29 Å². The lowest BCUT2D eigenvalue weighted by atomic mass is 10.2. The van der Waals surface area contributed by atoms with Crippen LogP contribution >= 0.6 is 0 Å². The van der Waals surface area contributed by atoms with Crippen LogP contribution in [-0.4, -0.2) is 34.9 Å². The van der Waals surface area contributed by atoms with Crippen LogP contribution in [0.1, 0.15) is 43.7 Å². The van der Waals surface area contributed by atoms with Crippen LogP contribution in [0.5, 0.6) is 0 Å². The molecule has 0 atom stereocenters. The van der Waals surface area contributed by atoms with E-state index in [-0.39, 0.29) is 0 Å². The summed E-state index contributed by atoms with van der Waals surface area (Å²) in [5.74, 6) is 0. The number of carbonyl (C=O) groups is 2. The van der Waals surface area contributed by atoms with Crippen molar-refractivity contribution in [3.05, 3.63) is 35.7 Å². The number of ether oxygens (including phenoxy) is 1. The van der Waals surface area contributed by atoms with Crippen LogP contribution in [0, 0.1) is 0 Å². The fraction of sp³-hybridized carbons (Fsp3) is 0.400. The highest BCUT2D eigenvalue weighted by molar-refractivity contribution is 5.81. The van der Waals surface area contributed by atoms with Gasteiger partial charge in [0.2, 0.25) is 0 Å². The van der Waals surface area contributed by atoms with Crippen LogP contribution in [0.15, 0.2) is 24.4 Å². The maximum absolute atomic E-state index is 12.0. The molecule has 0 fully saturated rings. The van der Waals surface area contributed by atoms with Crippen molar-refractivity contribution in [1.29, 1.82) is 0 Å². The van der Waals surface area contributed by atoms with Gasteiger partial charge in [-0.2, -0.15) is 0 Å². The third-order valence-electron chi connectivity index (χ3n) is 2.49. The Labute approximate surface area is 119 Å². The fourth-order valence-corrected chi connectivity index (χ4v) is 1.57. The van der Waals surface area contributed by atoms with Gasteiger partial charge in [0.25, 0.3) is 0 Å². The molecule has 1 aromatic heterocycles. The van der Waals surface area contributed by atoms with Gasteiger partial charge in [0.1, 0.15) is 5.60 Å². The van der Waals surface area contributed by atoms with Gasteiger partial charge in [0, 0.05) is 18.8 Å². The minimum absolute atomic E-state index is 0.452. The molecule has 0 aliphatic rings. The minimum Gasteiger partial charge on any atom is -0.443 e. The van der Waals surface area contributed by atoms with E-state index in [1.165, 1.54) is 11.1 Å². The molecular weight excluding hydrogens is 256 g/mol. The van der Waals surface area contributed by atoms with Crippen molar-refractivity contribution in [1.82, 2.24) is 9.88 Å². The highest BCUT2D eigenvalue weighted by Crippen LogP contribution is 2.19. The van der Waals surface area contributed by atoms with Crippen molar-refractivity contribution in [2.24, 2.45) is 0 Å². The Morgan fingerprint density at radius 1 is 1.35 bits per heavy atom. The van der Waals surface area contributed by atoms with E-state index >= 15 is 0 Å². The van der Waals surface area contributed by atoms with Gasteiger partial charge < -0.3 is 4.74 Å². The smallest absolute Gasteiger partial charge is 0.414 e. The first-order chi connectivity index (χ1) is 9.28. The lowest BCUT2D eigenvalue weighted by molar-refractivity contribution is 0.0387. The summed E-state index contributed by atoms with van der Waals surface area (Å²) in [6.45, 7) is 7.24. The zero-order valence-electron chi connectivity index (χ0n) is 12.5. The van der Waals surface area contributed by atoms with Gasteiger partial charge in [-0.1, -0.05) is 6.08 Å². The van der Waals surface area contributed by atoms with Gasteiger partial charge in [-0.15, -0.1) is 0 Å². The number of pyridine rings is 1. The number of amides is 1. The van der Waals surface area contributed by atoms with Crippen LogP contribution in [0.25, 0.3) is 5.70 Å². The first kappa shape index (κ1) is 15.9. The predicted molar refractivity (Wildman–Crippen MR) is 77.3 cm³/mol. The van der Waals surface area contributed by atoms with Crippen LogP contribution in [0.4, 0.5) is 4.79 Å². The van der Waals surface area contributed by atoms with Crippen molar-refractivity contribution in [2.75, 3.05) is 7.05 Å². The number of rotatable bonds is 3. The molecule has 1 rings (SSSR count). The number of allylic oxidation sites excluding steroid dienone is 1. The Bertz CT molecular complexity index is 513. The fourth-order valence-electron chi connectivity index (χ4n) is 1.57. The van der Waals surface area contributed by atoms with Gasteiger partial charge in [-0.25, -0.2) is 4.79 Å². The second-order valence-corrected chi connectivity index (χ2v) is 5.31. The predicted octanol–water partition coefficient (Wildman–Crippen LogP) is 3.12. The Balaban J connectivity index is 2.95. The average Bonchev–Trinajstić information content (AvgIpc) is 2.38. The molecule has 5 nitrogen and oxygen atoms in total. The first-order valence-electron chi connectivity index (χ1n) is 6.33. The number of aromatic nitrogens is 1. The molecule has 0 N–H and O–H groups in total. The Kier molecular flexibility index (Phi) is 5.02. The Hall–Kier alpha value is -2.17. The summed E-state index contributed by atoms with van der Waals surface area (Å²) in [6, 6.07) is 3.35. The first-order valence-corrected chi connectivity index (χ1v) is 6.33. The molecule has 20 heavy (non-hydrogen) atoms. The summed E-state index contributed by atoms with van der Waals surface area (Å²) in [5, 5.41) is 0. The van der Waals surface area contributed by atoms with E-state index in [0.29, 0.717) is 17.0 Å². The molecule has 0 unspecified atom stereocenters. The SMILES string of the molecule is C/C=C(/c1ccc(C=O)cn1)N(C)C(=O)OC(C)(C)C. The molecule has 0 saturated carbocycles. The molecule has 1 amide bonds. The van der Waals surface area contributed by atoms with Crippen LogP contribution in [0.2, 0.25) is 0 Å². The normalized spacial score (nSPS) is 11.9. The number of nitrogens with zero attached hydrogens (tertiary/aromatic N) is 2. The molecule has 0 aromatic carbocycles. The average molecular weight is 276 g/mol. The van der Waals surface area contributed by atoms with Crippen molar-refractivity contribution in [3.8, 4) is 0 Å². The Morgan fingerprint density at radius 3 is 2.40 bits per heavy atom. The molecule has 0 aliphatic heterocycles. The van der Waals surface area contributed by atoms with Crippen molar-refractivity contribution < 1.29 is 14.3 Å². The van der Waals surface area contributed by atoms with E-state index < -0.39 is 11.7 Å². The molecule has 0 radical (unpaired) electrons. The summed E-state index contributed by atoms with van der Waals surface area (Å²) < 4.78 is 5.31. The highest BCUT2D eigenvalue weighted by Gasteiger charge is 2.22. The summed E-state index contributed by atoms with van der Waals surface area (Å²) in [4.78, 5) is 28.2. The van der Waals surface area contributed by atoms with Gasteiger partial charge in [-0.05, 0) is 39.8 Å². The zero-order valence-corrected chi connectivity index (χ0v) is 12.5. The van der Waals surface area contributed by atoms with Gasteiger partial charge >= 0.3 is 6.09 Å². The second-order valence-electron chi connectivity index (χ2n) is 5.31. The van der Waals surface area contributed by atoms with Crippen LogP contribution in [-0.2, 0) is 4.74 Å². The lowest BCUT2D eigenvalue weighted by Gasteiger charge is -2.26. The minimum atomic E-state index is -0.557. The van der Waals surface area contributed by atoms with Crippen molar-refractivity contribution >= 4 is 18.1 Å². The monoisotopic (exact) mass is 276 g/mol. The van der Waals surface area contributed by atoms with E-state index in [1.807, 2.05) is 27.7 Å². The largest absolute Gasteiger partial charge is 0.443 e. The molecule has 0 spiro atoms. The van der Waals surface area contributed by atoms with E-state index in [0.717, 1.165) is 6.29 Å². The molecular formula is C15H20N2O3. The van der Waals surface area contributed by atoms with Crippen LogP contribution < -0.4 is 0 Å². The van der Waals surface area contributed by atoms with Gasteiger partial charge in [-0.3, -0.25) is 14.7 Å². The number of carbonyl (C=O) groups excluding carboxylic acids is 2. The Morgan fingerprint density at radius 2 is 2.00 bits per heavy atom. The zero-order chi connectivity index (χ0) is 15.3. The maximum atomic E-state index is 12.0. The number of hydrogen-bond acceptors (Lipinski definition) is 4. The standard InChI is InChI=1S/C15H20N2O3/c1-6-13(12-8-7-11(10-18)9-16-12)17(5)14(19)20-15(2,3)4/h6-10H,1-5H3/b13-6-. The highest BCUT2D eigenvalue weighted by atomic mass is 16.6. The molecule has 0 bridgehead atoms. The van der Waals surface area contributed by atoms with E-state index in [9.17, 15) is 9.59 Å². The van der Waals surface area contributed by atoms with Crippen molar-refractivity contribution in [3.63, 3.8) is 0 Å². The summed E-state index contributed by atoms with van der Waals surface area (Å²) in [5.41, 5.74) is 1.16. The van der Waals surface area contributed by atoms with E-state index in [4.69, 9.17) is 4.74 Å². The maximum Gasteiger partial charge on any atom is 0.414 e. The number of hydrogen-bond donors (Lipinski definition) is 0. The van der Waals surface area contributed by atoms with Crippen LogP contribution in [0.3, 0.4) is 0 Å². The molecule has 1 heterocycles. The third-order valence-corrected chi connectivity index (χ3v) is 2.49. The topological polar surface area (TPSA) is 59.5 Å². The summed E-state index contributed by atoms with van der Waals surface area (Å²) >= 11 is 0. The molecule has 5 heteroatoms. The molecule has 1 aromatic rings. The third kappa shape index (κ3) is 4.19. The summed E-state index contributed by atoms with van der Waals surface area (Å²) in [6.07, 6.45) is 3.51. The lowest BCUT2D eigenvalue weighted by Crippen LogP contribution is -2.33. The second kappa shape index (κ2) is 6.32. The molecule has 0 aliphatic carbocycles.